The van der Waals surface area contributed by atoms with Crippen LogP contribution in [0.5, 0.6) is 0 Å². The molecular weight excluding hydrogens is 258 g/mol. The molecule has 0 saturated carbocycles. The number of nitrogens with one attached hydrogen (secondary N) is 1. The second kappa shape index (κ2) is 6.46. The quantitative estimate of drug-likeness (QED) is 0.627. The van der Waals surface area contributed by atoms with Gasteiger partial charge in [0.2, 0.25) is 0 Å². The van der Waals surface area contributed by atoms with Crippen molar-refractivity contribution in [3.05, 3.63) is 47.5 Å². The van der Waals surface area contributed by atoms with Crippen molar-refractivity contribution in [2.75, 3.05) is 0 Å². The van der Waals surface area contributed by atoms with E-state index in [0.717, 1.165) is 18.7 Å². The normalized spacial score (nSPS) is 19.7. The van der Waals surface area contributed by atoms with Gasteiger partial charge in [0.05, 0.1) is 6.26 Å². The predicted octanol–water partition coefficient (Wildman–Crippen LogP) is 3.65. The zero-order valence-electron chi connectivity index (χ0n) is 13.8. The maximum absolute atomic E-state index is 5.34. The van der Waals surface area contributed by atoms with Crippen molar-refractivity contribution in [3.63, 3.8) is 0 Å². The third-order valence-corrected chi connectivity index (χ3v) is 4.37. The Morgan fingerprint density at radius 2 is 2.29 bits per heavy atom. The van der Waals surface area contributed by atoms with Gasteiger partial charge in [-0.05, 0) is 45.2 Å². The van der Waals surface area contributed by atoms with Crippen LogP contribution in [-0.4, -0.2) is 6.21 Å². The van der Waals surface area contributed by atoms with Gasteiger partial charge in [-0.15, -0.1) is 0 Å². The lowest BCUT2D eigenvalue weighted by molar-refractivity contribution is -0.476. The molecule has 2 heteroatoms. The summed E-state index contributed by atoms with van der Waals surface area (Å²) in [5, 5.41) is 0. The highest BCUT2D eigenvalue weighted by molar-refractivity contribution is 5.59. The van der Waals surface area contributed by atoms with Crippen molar-refractivity contribution < 1.29 is 9.41 Å². The van der Waals surface area contributed by atoms with Crippen LogP contribution in [0.4, 0.5) is 0 Å². The fourth-order valence-corrected chi connectivity index (χ4v) is 3.19. The molecule has 1 heterocycles. The first-order chi connectivity index (χ1) is 9.89. The molecule has 21 heavy (non-hydrogen) atoms. The number of rotatable bonds is 6. The Morgan fingerprint density at radius 3 is 2.90 bits per heavy atom. The van der Waals surface area contributed by atoms with Crippen molar-refractivity contribution in [1.82, 2.24) is 0 Å². The van der Waals surface area contributed by atoms with E-state index in [4.69, 9.17) is 4.42 Å². The topological polar surface area (TPSA) is 27.1 Å². The summed E-state index contributed by atoms with van der Waals surface area (Å²) in [6, 6.07) is 3.92. The van der Waals surface area contributed by atoms with E-state index in [9.17, 15) is 0 Å². The van der Waals surface area contributed by atoms with Gasteiger partial charge in [-0.3, -0.25) is 0 Å². The van der Waals surface area contributed by atoms with Crippen LogP contribution in [0.25, 0.3) is 0 Å². The molecule has 0 fully saturated rings. The lowest BCUT2D eigenvalue weighted by atomic mass is 9.80. The maximum atomic E-state index is 5.34. The average Bonchev–Trinajstić information content (AvgIpc) is 3.00. The van der Waals surface area contributed by atoms with E-state index < -0.39 is 0 Å². The van der Waals surface area contributed by atoms with E-state index in [1.807, 2.05) is 12.1 Å². The van der Waals surface area contributed by atoms with E-state index in [0.29, 0.717) is 5.92 Å². The number of furan rings is 1. The third-order valence-electron chi connectivity index (χ3n) is 4.37. The first-order valence-electron chi connectivity index (χ1n) is 7.83. The molecule has 0 radical (unpaired) electrons. The van der Waals surface area contributed by atoms with Crippen molar-refractivity contribution >= 4 is 6.21 Å². The molecule has 1 N–H and O–H groups in total. The fraction of sp³-hybridized carbons (Fsp3) is 0.526. The molecule has 0 unspecified atom stereocenters. The standard InChI is InChI=1S/C19H27NO/c1-14(2)17-9-8-15(3)18(17)11-19(4,5)13-20-12-16-7-6-10-21-16/h6-7,10,13,17H,1,8-9,11-12H2,2-5H3/p+1/t17-/m0/s1. The van der Waals surface area contributed by atoms with E-state index in [2.05, 4.69) is 45.5 Å². The average molecular weight is 286 g/mol. The summed E-state index contributed by atoms with van der Waals surface area (Å²) in [5.41, 5.74) is 4.60. The molecule has 0 saturated heterocycles. The predicted molar refractivity (Wildman–Crippen MR) is 88.1 cm³/mol. The number of hydrogen-bond donors (Lipinski definition) is 1. The summed E-state index contributed by atoms with van der Waals surface area (Å²) in [6.07, 6.45) is 7.49. The van der Waals surface area contributed by atoms with Crippen LogP contribution in [0, 0.1) is 11.3 Å². The molecule has 1 aromatic rings. The van der Waals surface area contributed by atoms with Gasteiger partial charge in [-0.2, -0.15) is 0 Å². The van der Waals surface area contributed by atoms with Crippen LogP contribution in [0.3, 0.4) is 0 Å². The summed E-state index contributed by atoms with van der Waals surface area (Å²) in [7, 11) is 0. The van der Waals surface area contributed by atoms with Gasteiger partial charge < -0.3 is 4.42 Å². The van der Waals surface area contributed by atoms with E-state index in [-0.39, 0.29) is 5.41 Å². The molecule has 1 aromatic heterocycles. The highest BCUT2D eigenvalue weighted by Crippen LogP contribution is 2.41. The van der Waals surface area contributed by atoms with E-state index in [1.165, 1.54) is 18.4 Å². The first kappa shape index (κ1) is 15.8. The molecular formula is C19H28NO+. The van der Waals surface area contributed by atoms with Gasteiger partial charge >= 0.3 is 0 Å². The van der Waals surface area contributed by atoms with Crippen molar-refractivity contribution in [3.8, 4) is 0 Å². The van der Waals surface area contributed by atoms with Crippen molar-refractivity contribution in [1.29, 1.82) is 0 Å². The van der Waals surface area contributed by atoms with Crippen LogP contribution in [-0.2, 0) is 6.54 Å². The lowest BCUT2D eigenvalue weighted by Crippen LogP contribution is -2.69. The highest BCUT2D eigenvalue weighted by Gasteiger charge is 2.29. The lowest BCUT2D eigenvalue weighted by Gasteiger charge is -2.23. The van der Waals surface area contributed by atoms with Gasteiger partial charge in [0, 0.05) is 11.3 Å². The zero-order valence-corrected chi connectivity index (χ0v) is 13.8. The van der Waals surface area contributed by atoms with Gasteiger partial charge in [-0.1, -0.05) is 37.1 Å². The molecule has 0 bridgehead atoms. The van der Waals surface area contributed by atoms with Gasteiger partial charge in [0.1, 0.15) is 6.21 Å². The molecule has 1 aliphatic carbocycles. The molecule has 114 valence electrons. The zero-order chi connectivity index (χ0) is 15.5. The summed E-state index contributed by atoms with van der Waals surface area (Å²) < 4.78 is 5.34. The molecule has 0 amide bonds. The Hall–Kier alpha value is -1.57. The number of allylic oxidation sites excluding steroid dienone is 3. The third kappa shape index (κ3) is 4.20. The molecule has 0 aromatic carbocycles. The maximum Gasteiger partial charge on any atom is 0.198 e. The number of hydrogen-bond acceptors (Lipinski definition) is 1. The van der Waals surface area contributed by atoms with Crippen LogP contribution >= 0.6 is 0 Å². The second-order valence-corrected chi connectivity index (χ2v) is 7.01. The minimum atomic E-state index is 0.126. The Labute approximate surface area is 128 Å². The van der Waals surface area contributed by atoms with Crippen LogP contribution in [0.15, 0.2) is 46.1 Å². The van der Waals surface area contributed by atoms with Crippen molar-refractivity contribution in [2.24, 2.45) is 11.3 Å². The summed E-state index contributed by atoms with van der Waals surface area (Å²) >= 11 is 0. The Bertz CT molecular complexity index is 546. The van der Waals surface area contributed by atoms with Crippen molar-refractivity contribution in [2.45, 2.75) is 53.5 Å². The minimum absolute atomic E-state index is 0.126. The van der Waals surface area contributed by atoms with Crippen LogP contribution in [0.1, 0.15) is 52.7 Å². The monoisotopic (exact) mass is 286 g/mol. The van der Waals surface area contributed by atoms with E-state index in [1.54, 1.807) is 17.4 Å². The first-order valence-corrected chi connectivity index (χ1v) is 7.83. The minimum Gasteiger partial charge on any atom is -0.463 e. The molecule has 0 spiro atoms. The second-order valence-electron chi connectivity index (χ2n) is 7.01. The SMILES string of the molecule is C=C(C)[C@@H]1CCC(C)=C1CC(C)(C)C=[NH+]Cc1ccco1. The van der Waals surface area contributed by atoms with Crippen LogP contribution < -0.4 is 4.99 Å². The van der Waals surface area contributed by atoms with Crippen LogP contribution in [0.2, 0.25) is 0 Å². The highest BCUT2D eigenvalue weighted by atomic mass is 16.3. The van der Waals surface area contributed by atoms with Gasteiger partial charge in [0.25, 0.3) is 0 Å². The molecule has 2 rings (SSSR count). The largest absolute Gasteiger partial charge is 0.463 e. The summed E-state index contributed by atoms with van der Waals surface area (Å²) in [5.74, 6) is 1.56. The summed E-state index contributed by atoms with van der Waals surface area (Å²) in [6.45, 7) is 13.9. The van der Waals surface area contributed by atoms with E-state index >= 15 is 0 Å². The van der Waals surface area contributed by atoms with Gasteiger partial charge in [-0.25, -0.2) is 4.99 Å². The Morgan fingerprint density at radius 1 is 1.52 bits per heavy atom. The smallest absolute Gasteiger partial charge is 0.198 e. The Kier molecular flexibility index (Phi) is 4.87. The molecule has 2 nitrogen and oxygen atoms in total. The molecule has 1 atom stereocenters. The fourth-order valence-electron chi connectivity index (χ4n) is 3.19. The summed E-state index contributed by atoms with van der Waals surface area (Å²) in [4.78, 5) is 3.40. The molecule has 0 aliphatic heterocycles. The molecule has 1 aliphatic rings. The Balaban J connectivity index is 2.01. The van der Waals surface area contributed by atoms with Gasteiger partial charge in [0.15, 0.2) is 12.3 Å².